The molecule has 2 fully saturated rings. The van der Waals surface area contributed by atoms with Crippen LogP contribution in [0.25, 0.3) is 0 Å². The largest absolute Gasteiger partial charge is 0.397 e. The predicted molar refractivity (Wildman–Crippen MR) is 89.6 cm³/mol. The zero-order chi connectivity index (χ0) is 22.6. The van der Waals surface area contributed by atoms with Gasteiger partial charge in [0.25, 0.3) is 0 Å². The summed E-state index contributed by atoms with van der Waals surface area (Å²) in [7, 11) is -3.74. The third kappa shape index (κ3) is 6.02. The Bertz CT molecular complexity index is 629. The summed E-state index contributed by atoms with van der Waals surface area (Å²) < 4.78 is 56.2. The average Bonchev–Trinajstić information content (AvgIpc) is 2.69. The van der Waals surface area contributed by atoms with Crippen LogP contribution in [0.3, 0.4) is 0 Å². The number of aliphatic hydroxyl groups excluding tert-OH is 4. The fourth-order valence-electron chi connectivity index (χ4n) is 3.23. The Kier molecular flexibility index (Phi) is 9.28. The van der Waals surface area contributed by atoms with E-state index >= 15 is 0 Å². The van der Waals surface area contributed by atoms with Gasteiger partial charge in [0.15, 0.2) is 18.7 Å². The molecule has 2 aliphatic heterocycles. The molecule has 5 unspecified atom stereocenters. The molecule has 16 heteroatoms. The lowest BCUT2D eigenvalue weighted by atomic mass is 9.90. The van der Waals surface area contributed by atoms with Crippen molar-refractivity contribution in [3.05, 3.63) is 0 Å². The average molecular weight is 466 g/mol. The molecule has 0 aromatic heterocycles. The van der Waals surface area contributed by atoms with Crippen LogP contribution >= 0.6 is 0 Å². The van der Waals surface area contributed by atoms with Crippen molar-refractivity contribution in [2.75, 3.05) is 20.3 Å². The van der Waals surface area contributed by atoms with E-state index in [-0.39, 0.29) is 0 Å². The standard InChI is InChI=1S/C14H26O15S/c1-5-8(16)6(3-15)25-13(9(5)17)27-11-7(4-24-30(20,21)22)26-14(23-2)12(10(11)18)28-29-19/h5-19H,3-4H2,1-2H3,(H,20,21,22)/t5?,6?,7?,8-,9+,10?,11+,12+,13?,14+/m1/s1. The van der Waals surface area contributed by atoms with E-state index in [0.717, 1.165) is 7.11 Å². The number of hydrogen-bond donors (Lipinski definition) is 6. The Hall–Kier alpha value is -0.570. The van der Waals surface area contributed by atoms with Gasteiger partial charge < -0.3 is 39.4 Å². The Morgan fingerprint density at radius 2 is 1.60 bits per heavy atom. The lowest BCUT2D eigenvalue weighted by Crippen LogP contribution is -2.64. The Morgan fingerprint density at radius 3 is 2.13 bits per heavy atom. The quantitative estimate of drug-likeness (QED) is 0.112. The smallest absolute Gasteiger partial charge is 0.394 e. The highest BCUT2D eigenvalue weighted by Gasteiger charge is 2.51. The molecule has 2 heterocycles. The highest BCUT2D eigenvalue weighted by Crippen LogP contribution is 2.32. The van der Waals surface area contributed by atoms with E-state index in [4.69, 9.17) is 28.8 Å². The Morgan fingerprint density at radius 1 is 0.967 bits per heavy atom. The first-order valence-electron chi connectivity index (χ1n) is 8.77. The number of rotatable bonds is 9. The number of aliphatic hydroxyl groups is 4. The molecule has 2 saturated heterocycles. The first kappa shape index (κ1) is 25.7. The topological polar surface area (TPSA) is 220 Å². The van der Waals surface area contributed by atoms with Gasteiger partial charge in [0.05, 0.1) is 19.3 Å². The van der Waals surface area contributed by atoms with Gasteiger partial charge in [-0.25, -0.2) is 9.44 Å². The molecule has 30 heavy (non-hydrogen) atoms. The van der Waals surface area contributed by atoms with Crippen LogP contribution in [0.4, 0.5) is 0 Å². The SMILES string of the molecule is CO[C@H]1OC(COS(=O)(=O)O)[C@H](OC2OC(CO)[C@H](O)C(C)[C@@H]2O)C(O)[C@@H]1OOO. The summed E-state index contributed by atoms with van der Waals surface area (Å²) >= 11 is 0. The molecular weight excluding hydrogens is 440 g/mol. The van der Waals surface area contributed by atoms with Crippen molar-refractivity contribution in [2.45, 2.75) is 62.2 Å². The van der Waals surface area contributed by atoms with Crippen LogP contribution in [0.15, 0.2) is 0 Å². The van der Waals surface area contributed by atoms with E-state index in [1.165, 1.54) is 6.92 Å². The zero-order valence-electron chi connectivity index (χ0n) is 16.0. The van der Waals surface area contributed by atoms with Crippen LogP contribution in [0.5, 0.6) is 0 Å². The molecular formula is C14H26O15S. The van der Waals surface area contributed by atoms with Crippen molar-refractivity contribution in [3.63, 3.8) is 0 Å². The fourth-order valence-corrected chi connectivity index (χ4v) is 3.54. The summed E-state index contributed by atoms with van der Waals surface area (Å²) in [5.41, 5.74) is 0. The van der Waals surface area contributed by atoms with Crippen LogP contribution < -0.4 is 0 Å². The molecule has 0 aromatic carbocycles. The fraction of sp³-hybridized carbons (Fsp3) is 1.00. The van der Waals surface area contributed by atoms with Gasteiger partial charge in [-0.05, 0) is 0 Å². The molecule has 2 rings (SSSR count). The molecule has 15 nitrogen and oxygen atoms in total. The molecule has 178 valence electrons. The van der Waals surface area contributed by atoms with E-state index in [1.54, 1.807) is 0 Å². The maximum Gasteiger partial charge on any atom is 0.397 e. The van der Waals surface area contributed by atoms with Gasteiger partial charge in [0.1, 0.15) is 30.5 Å². The first-order valence-corrected chi connectivity index (χ1v) is 10.1. The second kappa shape index (κ2) is 10.8. The lowest BCUT2D eigenvalue weighted by Gasteiger charge is -2.46. The third-order valence-electron chi connectivity index (χ3n) is 4.90. The number of methoxy groups -OCH3 is 1. The molecule has 0 spiro atoms. The second-order valence-electron chi connectivity index (χ2n) is 6.78. The molecule has 2 aliphatic rings. The molecule has 0 bridgehead atoms. The van der Waals surface area contributed by atoms with Crippen LogP contribution in [0.2, 0.25) is 0 Å². The van der Waals surface area contributed by atoms with Crippen molar-refractivity contribution < 1.29 is 71.7 Å². The summed E-state index contributed by atoms with van der Waals surface area (Å²) in [5, 5.41) is 52.5. The minimum atomic E-state index is -4.89. The Balaban J connectivity index is 2.25. The van der Waals surface area contributed by atoms with Crippen LogP contribution in [-0.4, -0.2) is 114 Å². The number of hydrogen-bond acceptors (Lipinski definition) is 14. The summed E-state index contributed by atoms with van der Waals surface area (Å²) in [6.45, 7) is 0.0144. The van der Waals surface area contributed by atoms with Crippen molar-refractivity contribution >= 4 is 10.4 Å². The van der Waals surface area contributed by atoms with Gasteiger partial charge in [0, 0.05) is 13.0 Å². The van der Waals surface area contributed by atoms with Gasteiger partial charge in [-0.3, -0.25) is 4.55 Å². The highest BCUT2D eigenvalue weighted by molar-refractivity contribution is 7.80. The van der Waals surface area contributed by atoms with Crippen molar-refractivity contribution in [2.24, 2.45) is 5.92 Å². The monoisotopic (exact) mass is 466 g/mol. The van der Waals surface area contributed by atoms with E-state index in [2.05, 4.69) is 14.1 Å². The third-order valence-corrected chi connectivity index (χ3v) is 5.34. The summed E-state index contributed by atoms with van der Waals surface area (Å²) in [5.74, 6) is -0.811. The van der Waals surface area contributed by atoms with Gasteiger partial charge in [0.2, 0.25) is 0 Å². The maximum atomic E-state index is 10.9. The Labute approximate surface area is 171 Å². The first-order chi connectivity index (χ1) is 14.0. The predicted octanol–water partition coefficient (Wildman–Crippen LogP) is -3.21. The van der Waals surface area contributed by atoms with Gasteiger partial charge in [-0.2, -0.15) is 13.3 Å². The molecule has 0 radical (unpaired) electrons. The van der Waals surface area contributed by atoms with Crippen molar-refractivity contribution in [3.8, 4) is 0 Å². The number of ether oxygens (including phenoxy) is 4. The van der Waals surface area contributed by atoms with Crippen LogP contribution in [0, 0.1) is 5.92 Å². The molecule has 10 atom stereocenters. The van der Waals surface area contributed by atoms with E-state index in [0.29, 0.717) is 0 Å². The van der Waals surface area contributed by atoms with E-state index in [9.17, 15) is 28.8 Å². The summed E-state index contributed by atoms with van der Waals surface area (Å²) in [6.07, 6.45) is -12.9. The van der Waals surface area contributed by atoms with Gasteiger partial charge >= 0.3 is 10.4 Å². The maximum absolute atomic E-state index is 10.9. The van der Waals surface area contributed by atoms with Crippen molar-refractivity contribution in [1.29, 1.82) is 0 Å². The van der Waals surface area contributed by atoms with E-state index < -0.39 is 84.8 Å². The molecule has 0 aromatic rings. The minimum absolute atomic E-state index is 0.604. The molecule has 0 amide bonds. The second-order valence-corrected chi connectivity index (χ2v) is 7.87. The summed E-state index contributed by atoms with van der Waals surface area (Å²) in [6, 6.07) is 0. The lowest BCUT2D eigenvalue weighted by molar-refractivity contribution is -0.532. The molecule has 0 aliphatic carbocycles. The van der Waals surface area contributed by atoms with Crippen molar-refractivity contribution in [1.82, 2.24) is 0 Å². The zero-order valence-corrected chi connectivity index (χ0v) is 16.8. The van der Waals surface area contributed by atoms with Gasteiger partial charge in [-0.1, -0.05) is 12.0 Å². The molecule has 6 N–H and O–H groups in total. The summed E-state index contributed by atoms with van der Waals surface area (Å²) in [4.78, 5) is 4.50. The molecule has 0 saturated carbocycles. The van der Waals surface area contributed by atoms with Crippen LogP contribution in [-0.2, 0) is 43.5 Å². The van der Waals surface area contributed by atoms with Crippen LogP contribution in [0.1, 0.15) is 6.92 Å². The normalized spacial score (nSPS) is 42.9. The minimum Gasteiger partial charge on any atom is -0.394 e. The van der Waals surface area contributed by atoms with Gasteiger partial charge in [-0.15, -0.1) is 0 Å². The van der Waals surface area contributed by atoms with E-state index in [1.807, 2.05) is 0 Å². The highest BCUT2D eigenvalue weighted by atomic mass is 32.3.